The molecule has 112 valence electrons. The minimum Gasteiger partial charge on any atom is -0.496 e. The van der Waals surface area contributed by atoms with Crippen LogP contribution in [0.5, 0.6) is 5.75 Å². The standard InChI is InChI=1S/C19H25NO/c1-14-12-15(2)19(18(13-14)21-3)17(20)11-7-10-16-8-5-4-6-9-16/h4-6,8-9,12-13,17H,7,10-11,20H2,1-3H3. The smallest absolute Gasteiger partial charge is 0.124 e. The summed E-state index contributed by atoms with van der Waals surface area (Å²) in [7, 11) is 1.72. The second kappa shape index (κ2) is 7.28. The molecular formula is C19H25NO. The Labute approximate surface area is 127 Å². The third-order valence-corrected chi connectivity index (χ3v) is 3.91. The van der Waals surface area contributed by atoms with Gasteiger partial charge in [0.15, 0.2) is 0 Å². The van der Waals surface area contributed by atoms with Crippen LogP contribution in [-0.4, -0.2) is 7.11 Å². The lowest BCUT2D eigenvalue weighted by Gasteiger charge is -2.19. The molecule has 1 atom stereocenters. The second-order valence-corrected chi connectivity index (χ2v) is 5.68. The van der Waals surface area contributed by atoms with Crippen LogP contribution in [0, 0.1) is 13.8 Å². The zero-order valence-electron chi connectivity index (χ0n) is 13.2. The summed E-state index contributed by atoms with van der Waals surface area (Å²) in [6.07, 6.45) is 3.12. The molecule has 2 rings (SSSR count). The van der Waals surface area contributed by atoms with Crippen LogP contribution in [0.4, 0.5) is 0 Å². The maximum absolute atomic E-state index is 6.41. The van der Waals surface area contributed by atoms with E-state index in [2.05, 4.69) is 56.3 Å². The van der Waals surface area contributed by atoms with Crippen LogP contribution in [-0.2, 0) is 6.42 Å². The molecule has 0 amide bonds. The highest BCUT2D eigenvalue weighted by atomic mass is 16.5. The van der Waals surface area contributed by atoms with Gasteiger partial charge in [0.2, 0.25) is 0 Å². The van der Waals surface area contributed by atoms with Gasteiger partial charge in [-0.05, 0) is 55.9 Å². The summed E-state index contributed by atoms with van der Waals surface area (Å²) in [6, 6.07) is 14.8. The maximum atomic E-state index is 6.41. The average molecular weight is 283 g/mol. The number of aryl methyl sites for hydroxylation is 3. The quantitative estimate of drug-likeness (QED) is 0.856. The number of rotatable bonds is 6. The van der Waals surface area contributed by atoms with Crippen molar-refractivity contribution in [3.63, 3.8) is 0 Å². The van der Waals surface area contributed by atoms with Crippen LogP contribution in [0.15, 0.2) is 42.5 Å². The van der Waals surface area contributed by atoms with E-state index >= 15 is 0 Å². The Hall–Kier alpha value is -1.80. The molecule has 0 saturated heterocycles. The Balaban J connectivity index is 2.02. The van der Waals surface area contributed by atoms with Crippen molar-refractivity contribution in [1.82, 2.24) is 0 Å². The third kappa shape index (κ3) is 4.08. The van der Waals surface area contributed by atoms with E-state index in [0.29, 0.717) is 0 Å². The van der Waals surface area contributed by atoms with Crippen molar-refractivity contribution < 1.29 is 4.74 Å². The van der Waals surface area contributed by atoms with Gasteiger partial charge >= 0.3 is 0 Å². The van der Waals surface area contributed by atoms with Crippen molar-refractivity contribution in [2.45, 2.75) is 39.2 Å². The summed E-state index contributed by atoms with van der Waals surface area (Å²) in [5.41, 5.74) is 11.4. The number of nitrogens with two attached hydrogens (primary N) is 1. The lowest BCUT2D eigenvalue weighted by molar-refractivity contribution is 0.402. The van der Waals surface area contributed by atoms with Crippen molar-refractivity contribution in [2.75, 3.05) is 7.11 Å². The van der Waals surface area contributed by atoms with Crippen molar-refractivity contribution in [3.8, 4) is 5.75 Å². The molecule has 21 heavy (non-hydrogen) atoms. The SMILES string of the molecule is COc1cc(C)cc(C)c1C(N)CCCc1ccccc1. The van der Waals surface area contributed by atoms with Crippen LogP contribution in [0.1, 0.15) is 41.1 Å². The maximum Gasteiger partial charge on any atom is 0.124 e. The molecular weight excluding hydrogens is 258 g/mol. The summed E-state index contributed by atoms with van der Waals surface area (Å²) < 4.78 is 5.51. The molecule has 2 nitrogen and oxygen atoms in total. The first kappa shape index (κ1) is 15.6. The highest BCUT2D eigenvalue weighted by Crippen LogP contribution is 2.31. The van der Waals surface area contributed by atoms with Gasteiger partial charge in [-0.25, -0.2) is 0 Å². The fourth-order valence-electron chi connectivity index (χ4n) is 2.90. The van der Waals surface area contributed by atoms with Crippen molar-refractivity contribution in [2.24, 2.45) is 5.73 Å². The molecule has 0 aliphatic rings. The van der Waals surface area contributed by atoms with Gasteiger partial charge in [-0.2, -0.15) is 0 Å². The second-order valence-electron chi connectivity index (χ2n) is 5.68. The number of hydrogen-bond acceptors (Lipinski definition) is 2. The number of benzene rings is 2. The summed E-state index contributed by atoms with van der Waals surface area (Å²) in [5, 5.41) is 0. The highest BCUT2D eigenvalue weighted by molar-refractivity contribution is 5.44. The molecule has 2 N–H and O–H groups in total. The van der Waals surface area contributed by atoms with Gasteiger partial charge in [0.1, 0.15) is 5.75 Å². The predicted octanol–water partition coefficient (Wildman–Crippen LogP) is 4.33. The van der Waals surface area contributed by atoms with E-state index in [4.69, 9.17) is 10.5 Å². The summed E-state index contributed by atoms with van der Waals surface area (Å²) >= 11 is 0. The van der Waals surface area contributed by atoms with Crippen LogP contribution in [0.25, 0.3) is 0 Å². The summed E-state index contributed by atoms with van der Waals surface area (Å²) in [4.78, 5) is 0. The number of ether oxygens (including phenoxy) is 1. The monoisotopic (exact) mass is 283 g/mol. The molecule has 1 unspecified atom stereocenters. The molecule has 0 bridgehead atoms. The molecule has 0 radical (unpaired) electrons. The minimum atomic E-state index is 0.0317. The average Bonchev–Trinajstić information content (AvgIpc) is 2.47. The molecule has 0 saturated carbocycles. The Morgan fingerprint density at radius 2 is 1.81 bits per heavy atom. The first-order chi connectivity index (χ1) is 10.1. The van der Waals surface area contributed by atoms with E-state index in [9.17, 15) is 0 Å². The Morgan fingerprint density at radius 1 is 1.10 bits per heavy atom. The van der Waals surface area contributed by atoms with Gasteiger partial charge in [0.25, 0.3) is 0 Å². The molecule has 0 aliphatic heterocycles. The van der Waals surface area contributed by atoms with E-state index < -0.39 is 0 Å². The van der Waals surface area contributed by atoms with Gasteiger partial charge in [0, 0.05) is 11.6 Å². The Bertz CT molecular complexity index is 578. The van der Waals surface area contributed by atoms with Gasteiger partial charge in [0.05, 0.1) is 7.11 Å². The molecule has 2 heteroatoms. The molecule has 0 spiro atoms. The van der Waals surface area contributed by atoms with Gasteiger partial charge in [-0.15, -0.1) is 0 Å². The third-order valence-electron chi connectivity index (χ3n) is 3.91. The molecule has 0 aromatic heterocycles. The lowest BCUT2D eigenvalue weighted by Crippen LogP contribution is -2.13. The van der Waals surface area contributed by atoms with Crippen LogP contribution in [0.2, 0.25) is 0 Å². The Morgan fingerprint density at radius 3 is 2.48 bits per heavy atom. The fourth-order valence-corrected chi connectivity index (χ4v) is 2.90. The molecule has 0 aliphatic carbocycles. The van der Waals surface area contributed by atoms with E-state index in [0.717, 1.165) is 30.6 Å². The summed E-state index contributed by atoms with van der Waals surface area (Å²) in [6.45, 7) is 4.20. The number of hydrogen-bond donors (Lipinski definition) is 1. The first-order valence-corrected chi connectivity index (χ1v) is 7.56. The highest BCUT2D eigenvalue weighted by Gasteiger charge is 2.15. The Kier molecular flexibility index (Phi) is 5.40. The van der Waals surface area contributed by atoms with Crippen molar-refractivity contribution in [3.05, 3.63) is 64.7 Å². The van der Waals surface area contributed by atoms with Gasteiger partial charge in [-0.1, -0.05) is 36.4 Å². The normalized spacial score (nSPS) is 12.2. The molecule has 2 aromatic rings. The van der Waals surface area contributed by atoms with E-state index in [1.807, 2.05) is 0 Å². The molecule has 0 fully saturated rings. The van der Waals surface area contributed by atoms with Crippen molar-refractivity contribution >= 4 is 0 Å². The van der Waals surface area contributed by atoms with Crippen LogP contribution in [0.3, 0.4) is 0 Å². The first-order valence-electron chi connectivity index (χ1n) is 7.56. The summed E-state index contributed by atoms with van der Waals surface area (Å²) in [5.74, 6) is 0.916. The lowest BCUT2D eigenvalue weighted by atomic mass is 9.94. The van der Waals surface area contributed by atoms with Gasteiger partial charge in [-0.3, -0.25) is 0 Å². The number of methoxy groups -OCH3 is 1. The van der Waals surface area contributed by atoms with Crippen molar-refractivity contribution in [1.29, 1.82) is 0 Å². The fraction of sp³-hybridized carbons (Fsp3) is 0.368. The predicted molar refractivity (Wildman–Crippen MR) is 88.8 cm³/mol. The van der Waals surface area contributed by atoms with E-state index in [1.165, 1.54) is 16.7 Å². The van der Waals surface area contributed by atoms with Crippen LogP contribution >= 0.6 is 0 Å². The molecule has 2 aromatic carbocycles. The van der Waals surface area contributed by atoms with Gasteiger partial charge < -0.3 is 10.5 Å². The zero-order chi connectivity index (χ0) is 15.2. The van der Waals surface area contributed by atoms with Crippen LogP contribution < -0.4 is 10.5 Å². The zero-order valence-corrected chi connectivity index (χ0v) is 13.2. The molecule has 0 heterocycles. The largest absolute Gasteiger partial charge is 0.496 e. The van der Waals surface area contributed by atoms with E-state index in [-0.39, 0.29) is 6.04 Å². The topological polar surface area (TPSA) is 35.2 Å². The minimum absolute atomic E-state index is 0.0317. The van der Waals surface area contributed by atoms with E-state index in [1.54, 1.807) is 7.11 Å².